The van der Waals surface area contributed by atoms with E-state index >= 15 is 0 Å². The summed E-state index contributed by atoms with van der Waals surface area (Å²) in [6.45, 7) is 0. The van der Waals surface area contributed by atoms with Crippen molar-refractivity contribution in [2.75, 3.05) is 11.5 Å². The molecule has 1 amide bonds. The average Bonchev–Trinajstić information content (AvgIpc) is 3.10. The SMILES string of the molecule is O=C(O)CC(NC(=O)C1CCS(=O)(=O)CC1)C1CC1. The highest BCUT2D eigenvalue weighted by Gasteiger charge is 2.36. The average molecular weight is 289 g/mol. The van der Waals surface area contributed by atoms with Crippen LogP contribution in [-0.2, 0) is 19.4 Å². The maximum absolute atomic E-state index is 12.0. The molecule has 1 aliphatic carbocycles. The number of carbonyl (C=O) groups is 2. The van der Waals surface area contributed by atoms with E-state index in [0.29, 0.717) is 12.8 Å². The van der Waals surface area contributed by atoms with E-state index in [1.807, 2.05) is 0 Å². The van der Waals surface area contributed by atoms with E-state index < -0.39 is 15.8 Å². The van der Waals surface area contributed by atoms with Crippen molar-refractivity contribution in [1.82, 2.24) is 5.32 Å². The largest absolute Gasteiger partial charge is 0.481 e. The number of sulfone groups is 1. The van der Waals surface area contributed by atoms with Crippen LogP contribution < -0.4 is 5.32 Å². The zero-order valence-corrected chi connectivity index (χ0v) is 11.5. The van der Waals surface area contributed by atoms with Gasteiger partial charge in [0.1, 0.15) is 9.84 Å². The standard InChI is InChI=1S/C12H19NO5S/c14-11(15)7-10(8-1-2-8)13-12(16)9-3-5-19(17,18)6-4-9/h8-10H,1-7H2,(H,13,16)(H,14,15). The number of hydrogen-bond acceptors (Lipinski definition) is 4. The fraction of sp³-hybridized carbons (Fsp3) is 0.833. The number of carboxylic acids is 1. The molecule has 1 saturated carbocycles. The number of rotatable bonds is 5. The molecule has 0 aromatic heterocycles. The van der Waals surface area contributed by atoms with Crippen LogP contribution in [0.25, 0.3) is 0 Å². The molecule has 0 aromatic carbocycles. The van der Waals surface area contributed by atoms with Crippen molar-refractivity contribution in [1.29, 1.82) is 0 Å². The molecular formula is C12H19NO5S. The van der Waals surface area contributed by atoms with E-state index in [2.05, 4.69) is 5.32 Å². The molecule has 1 heterocycles. The second-order valence-corrected chi connectivity index (χ2v) is 7.78. The summed E-state index contributed by atoms with van der Waals surface area (Å²) in [6, 6.07) is -0.302. The van der Waals surface area contributed by atoms with Gasteiger partial charge < -0.3 is 10.4 Å². The molecule has 6 nitrogen and oxygen atoms in total. The Morgan fingerprint density at radius 3 is 2.21 bits per heavy atom. The lowest BCUT2D eigenvalue weighted by molar-refractivity contribution is -0.138. The van der Waals surface area contributed by atoms with Gasteiger partial charge in [-0.05, 0) is 31.6 Å². The van der Waals surface area contributed by atoms with Gasteiger partial charge in [0, 0.05) is 12.0 Å². The molecule has 0 aromatic rings. The van der Waals surface area contributed by atoms with E-state index in [1.165, 1.54) is 0 Å². The molecule has 1 atom stereocenters. The lowest BCUT2D eigenvalue weighted by atomic mass is 10.00. The van der Waals surface area contributed by atoms with E-state index in [0.717, 1.165) is 12.8 Å². The third-order valence-electron chi connectivity index (χ3n) is 3.84. The first kappa shape index (κ1) is 14.3. The molecule has 0 bridgehead atoms. The van der Waals surface area contributed by atoms with Crippen LogP contribution in [0.4, 0.5) is 0 Å². The minimum Gasteiger partial charge on any atom is -0.481 e. The van der Waals surface area contributed by atoms with Gasteiger partial charge in [0.25, 0.3) is 0 Å². The zero-order valence-electron chi connectivity index (χ0n) is 10.7. The van der Waals surface area contributed by atoms with Gasteiger partial charge >= 0.3 is 5.97 Å². The van der Waals surface area contributed by atoms with E-state index in [1.54, 1.807) is 0 Å². The Labute approximate surface area is 112 Å². The Morgan fingerprint density at radius 1 is 1.16 bits per heavy atom. The second kappa shape index (κ2) is 5.48. The van der Waals surface area contributed by atoms with Crippen LogP contribution in [0.15, 0.2) is 0 Å². The quantitative estimate of drug-likeness (QED) is 0.752. The minimum atomic E-state index is -2.97. The van der Waals surface area contributed by atoms with Gasteiger partial charge in [0.15, 0.2) is 0 Å². The molecule has 2 rings (SSSR count). The summed E-state index contributed by atoms with van der Waals surface area (Å²) in [7, 11) is -2.97. The number of amides is 1. The van der Waals surface area contributed by atoms with Crippen LogP contribution in [0.3, 0.4) is 0 Å². The van der Waals surface area contributed by atoms with Gasteiger partial charge in [0.2, 0.25) is 5.91 Å². The highest BCUT2D eigenvalue weighted by Crippen LogP contribution is 2.34. The summed E-state index contributed by atoms with van der Waals surface area (Å²) in [5, 5.41) is 11.6. The number of carboxylic acid groups (broad SMARTS) is 1. The first-order valence-corrected chi connectivity index (χ1v) is 8.42. The van der Waals surface area contributed by atoms with Crippen LogP contribution in [-0.4, -0.2) is 42.9 Å². The summed E-state index contributed by atoms with van der Waals surface area (Å²) in [4.78, 5) is 22.8. The van der Waals surface area contributed by atoms with Crippen molar-refractivity contribution >= 4 is 21.7 Å². The number of nitrogens with one attached hydrogen (secondary N) is 1. The molecule has 1 unspecified atom stereocenters. The van der Waals surface area contributed by atoms with Crippen molar-refractivity contribution in [2.45, 2.75) is 38.1 Å². The van der Waals surface area contributed by atoms with E-state index in [-0.39, 0.29) is 41.7 Å². The summed E-state index contributed by atoms with van der Waals surface area (Å²) >= 11 is 0. The predicted molar refractivity (Wildman–Crippen MR) is 68.3 cm³/mol. The van der Waals surface area contributed by atoms with E-state index in [4.69, 9.17) is 5.11 Å². The van der Waals surface area contributed by atoms with Crippen molar-refractivity contribution in [3.05, 3.63) is 0 Å². The predicted octanol–water partition coefficient (Wildman–Crippen LogP) is 0.181. The lowest BCUT2D eigenvalue weighted by Crippen LogP contribution is -2.43. The van der Waals surface area contributed by atoms with Gasteiger partial charge in [-0.3, -0.25) is 9.59 Å². The van der Waals surface area contributed by atoms with E-state index in [9.17, 15) is 18.0 Å². The first-order valence-electron chi connectivity index (χ1n) is 6.60. The maximum Gasteiger partial charge on any atom is 0.305 e. The summed E-state index contributed by atoms with van der Waals surface area (Å²) in [5.74, 6) is -1.02. The molecule has 2 N–H and O–H groups in total. The molecule has 2 aliphatic rings. The normalized spacial score (nSPS) is 24.6. The minimum absolute atomic E-state index is 0.0537. The monoisotopic (exact) mass is 289 g/mol. The number of hydrogen-bond donors (Lipinski definition) is 2. The highest BCUT2D eigenvalue weighted by atomic mass is 32.2. The molecule has 2 fully saturated rings. The van der Waals surface area contributed by atoms with Gasteiger partial charge in [-0.1, -0.05) is 0 Å². The van der Waals surface area contributed by atoms with Crippen molar-refractivity contribution < 1.29 is 23.1 Å². The Hall–Kier alpha value is -1.11. The van der Waals surface area contributed by atoms with Crippen LogP contribution in [0.5, 0.6) is 0 Å². The maximum atomic E-state index is 12.0. The second-order valence-electron chi connectivity index (χ2n) is 5.48. The summed E-state index contributed by atoms with van der Waals surface area (Å²) in [5.41, 5.74) is 0. The van der Waals surface area contributed by atoms with Crippen molar-refractivity contribution in [3.63, 3.8) is 0 Å². The van der Waals surface area contributed by atoms with Gasteiger partial charge in [0.05, 0.1) is 17.9 Å². The fourth-order valence-electron chi connectivity index (χ4n) is 2.48. The summed E-state index contributed by atoms with van der Waals surface area (Å²) < 4.78 is 22.6. The topological polar surface area (TPSA) is 101 Å². The molecular weight excluding hydrogens is 270 g/mol. The zero-order chi connectivity index (χ0) is 14.0. The summed E-state index contributed by atoms with van der Waals surface area (Å²) in [6.07, 6.45) is 2.55. The van der Waals surface area contributed by atoms with Gasteiger partial charge in [-0.15, -0.1) is 0 Å². The van der Waals surface area contributed by atoms with Crippen LogP contribution in [0.2, 0.25) is 0 Å². The third kappa shape index (κ3) is 4.19. The molecule has 1 saturated heterocycles. The van der Waals surface area contributed by atoms with Crippen LogP contribution >= 0.6 is 0 Å². The van der Waals surface area contributed by atoms with Crippen LogP contribution in [0, 0.1) is 11.8 Å². The molecule has 19 heavy (non-hydrogen) atoms. The van der Waals surface area contributed by atoms with Gasteiger partial charge in [-0.25, -0.2) is 8.42 Å². The number of aliphatic carboxylic acids is 1. The fourth-order valence-corrected chi connectivity index (χ4v) is 3.97. The van der Waals surface area contributed by atoms with Crippen molar-refractivity contribution in [3.8, 4) is 0 Å². The lowest BCUT2D eigenvalue weighted by Gasteiger charge is -2.24. The van der Waals surface area contributed by atoms with Crippen LogP contribution in [0.1, 0.15) is 32.1 Å². The van der Waals surface area contributed by atoms with Gasteiger partial charge in [-0.2, -0.15) is 0 Å². The number of carbonyl (C=O) groups excluding carboxylic acids is 1. The smallest absolute Gasteiger partial charge is 0.305 e. The molecule has 0 radical (unpaired) electrons. The Bertz CT molecular complexity index is 455. The molecule has 108 valence electrons. The van der Waals surface area contributed by atoms with Crippen molar-refractivity contribution in [2.24, 2.45) is 11.8 Å². The Morgan fingerprint density at radius 2 is 1.74 bits per heavy atom. The highest BCUT2D eigenvalue weighted by molar-refractivity contribution is 7.91. The third-order valence-corrected chi connectivity index (χ3v) is 5.55. The molecule has 0 spiro atoms. The Balaban J connectivity index is 1.87. The first-order chi connectivity index (χ1) is 8.87. The molecule has 1 aliphatic heterocycles. The Kier molecular flexibility index (Phi) is 4.13. The molecule has 7 heteroatoms.